The Morgan fingerprint density at radius 2 is 2.06 bits per heavy atom. The molecule has 0 spiro atoms. The normalized spacial score (nSPS) is 10.3. The molecule has 0 aliphatic rings. The van der Waals surface area contributed by atoms with Gasteiger partial charge in [-0.05, 0) is 34.1 Å². The number of nitrogens with zero attached hydrogens (tertiary/aromatic N) is 1. The Bertz CT molecular complexity index is 504. The van der Waals surface area contributed by atoms with Crippen LogP contribution in [0.3, 0.4) is 0 Å². The van der Waals surface area contributed by atoms with E-state index >= 15 is 0 Å². The molecule has 0 amide bonds. The van der Waals surface area contributed by atoms with Crippen LogP contribution in [-0.2, 0) is 12.3 Å². The number of benzene rings is 1. The number of hydrogen-bond acceptors (Lipinski definition) is 2. The fraction of sp³-hybridized carbons (Fsp3) is 0.214. The summed E-state index contributed by atoms with van der Waals surface area (Å²) in [6.07, 6.45) is 2.57. The summed E-state index contributed by atoms with van der Waals surface area (Å²) in [7, 11) is 0. The van der Waals surface area contributed by atoms with Gasteiger partial charge in [-0.1, -0.05) is 18.2 Å². The van der Waals surface area contributed by atoms with Crippen LogP contribution in [0.15, 0.2) is 47.1 Å². The highest BCUT2D eigenvalue weighted by atomic mass is 79.9. The van der Waals surface area contributed by atoms with E-state index in [9.17, 15) is 0 Å². The van der Waals surface area contributed by atoms with Crippen LogP contribution in [0.2, 0.25) is 0 Å². The molecule has 0 saturated heterocycles. The van der Waals surface area contributed by atoms with Gasteiger partial charge in [0, 0.05) is 23.9 Å². The highest BCUT2D eigenvalue weighted by Gasteiger charge is 2.07. The molecule has 0 radical (unpaired) electrons. The number of para-hydroxylation sites is 1. The molecule has 0 saturated carbocycles. The van der Waals surface area contributed by atoms with Crippen molar-refractivity contribution in [1.29, 1.82) is 0 Å². The Labute approximate surface area is 120 Å². The van der Waals surface area contributed by atoms with Crippen molar-refractivity contribution < 1.29 is 4.74 Å². The van der Waals surface area contributed by atoms with Gasteiger partial charge in [0.1, 0.15) is 5.75 Å². The van der Waals surface area contributed by atoms with Gasteiger partial charge in [0.25, 0.3) is 0 Å². The second-order valence-electron chi connectivity index (χ2n) is 3.78. The zero-order chi connectivity index (χ0) is 12.8. The molecule has 1 aromatic heterocycles. The lowest BCUT2D eigenvalue weighted by atomic mass is 10.2. The lowest BCUT2D eigenvalue weighted by Gasteiger charge is -2.11. The molecule has 2 aromatic rings. The maximum atomic E-state index is 5.89. The molecule has 0 aliphatic carbocycles. The van der Waals surface area contributed by atoms with Crippen molar-refractivity contribution in [3.8, 4) is 5.75 Å². The lowest BCUT2D eigenvalue weighted by molar-refractivity contribution is 0.316. The zero-order valence-corrected chi connectivity index (χ0v) is 12.1. The van der Waals surface area contributed by atoms with Crippen LogP contribution in [0.5, 0.6) is 5.75 Å². The molecule has 18 heavy (non-hydrogen) atoms. The van der Waals surface area contributed by atoms with Crippen molar-refractivity contribution in [3.63, 3.8) is 0 Å². The molecule has 1 heterocycles. The van der Waals surface area contributed by atoms with Crippen LogP contribution in [0.4, 0.5) is 0 Å². The van der Waals surface area contributed by atoms with Crippen LogP contribution >= 0.6 is 27.5 Å². The quantitative estimate of drug-likeness (QED) is 0.768. The van der Waals surface area contributed by atoms with E-state index in [1.54, 1.807) is 6.20 Å². The zero-order valence-electron chi connectivity index (χ0n) is 9.77. The van der Waals surface area contributed by atoms with E-state index in [1.165, 1.54) is 0 Å². The number of pyridine rings is 1. The predicted molar refractivity (Wildman–Crippen MR) is 77.1 cm³/mol. The molecule has 0 atom stereocenters. The van der Waals surface area contributed by atoms with Crippen LogP contribution in [0.25, 0.3) is 0 Å². The molecule has 1 aromatic carbocycles. The highest BCUT2D eigenvalue weighted by molar-refractivity contribution is 9.10. The maximum absolute atomic E-state index is 5.89. The Morgan fingerprint density at radius 3 is 2.78 bits per heavy atom. The summed E-state index contributed by atoms with van der Waals surface area (Å²) in [6.45, 7) is 0.587. The third-order valence-corrected chi connectivity index (χ3v) is 3.44. The average Bonchev–Trinajstić information content (AvgIpc) is 2.41. The Balaban J connectivity index is 1.98. The van der Waals surface area contributed by atoms with E-state index < -0.39 is 0 Å². The molecule has 0 aliphatic heterocycles. The van der Waals surface area contributed by atoms with Gasteiger partial charge in [-0.3, -0.25) is 4.98 Å². The molecule has 2 rings (SSSR count). The van der Waals surface area contributed by atoms with Crippen LogP contribution < -0.4 is 4.74 Å². The second-order valence-corrected chi connectivity index (χ2v) is 4.90. The van der Waals surface area contributed by atoms with E-state index in [0.29, 0.717) is 12.5 Å². The first-order valence-electron chi connectivity index (χ1n) is 5.67. The minimum atomic E-state index is 0.443. The topological polar surface area (TPSA) is 22.1 Å². The van der Waals surface area contributed by atoms with E-state index in [1.807, 2.05) is 36.4 Å². The minimum absolute atomic E-state index is 0.443. The number of rotatable bonds is 5. The predicted octanol–water partition coefficient (Wildman–Crippen LogP) is 4.20. The van der Waals surface area contributed by atoms with Gasteiger partial charge in [0.2, 0.25) is 0 Å². The maximum Gasteiger partial charge on any atom is 0.137 e. The molecule has 94 valence electrons. The molecular formula is C14H13BrClNO. The van der Waals surface area contributed by atoms with Crippen LogP contribution in [0.1, 0.15) is 11.3 Å². The number of alkyl halides is 1. The molecule has 2 nitrogen and oxygen atoms in total. The summed E-state index contributed by atoms with van der Waals surface area (Å²) < 4.78 is 6.72. The molecule has 0 bridgehead atoms. The van der Waals surface area contributed by atoms with Crippen molar-refractivity contribution >= 4 is 27.5 Å². The first-order valence-corrected chi connectivity index (χ1v) is 7.00. The van der Waals surface area contributed by atoms with E-state index in [4.69, 9.17) is 16.3 Å². The summed E-state index contributed by atoms with van der Waals surface area (Å²) in [5.41, 5.74) is 2.02. The Kier molecular flexibility index (Phi) is 5.02. The molecule has 0 N–H and O–H groups in total. The first-order chi connectivity index (χ1) is 8.81. The lowest BCUT2D eigenvalue weighted by Crippen LogP contribution is -2.04. The van der Waals surface area contributed by atoms with Crippen molar-refractivity contribution in [2.75, 3.05) is 6.61 Å². The third kappa shape index (κ3) is 3.47. The summed E-state index contributed by atoms with van der Waals surface area (Å²) in [4.78, 5) is 4.26. The number of halogens is 2. The Hall–Kier alpha value is -1.06. The average molecular weight is 327 g/mol. The standard InChI is InChI=1S/C14H13BrClNO/c15-13-6-3-4-11(10-16)14(13)18-9-7-12-5-1-2-8-17-12/h1-6,8H,7,9-10H2. The van der Waals surface area contributed by atoms with Gasteiger partial charge in [0.05, 0.1) is 17.0 Å². The van der Waals surface area contributed by atoms with Gasteiger partial charge >= 0.3 is 0 Å². The summed E-state index contributed by atoms with van der Waals surface area (Å²) in [6, 6.07) is 11.7. The van der Waals surface area contributed by atoms with E-state index in [0.717, 1.165) is 27.9 Å². The van der Waals surface area contributed by atoms with Gasteiger partial charge in [-0.2, -0.15) is 0 Å². The van der Waals surface area contributed by atoms with Gasteiger partial charge in [-0.25, -0.2) is 0 Å². The summed E-state index contributed by atoms with van der Waals surface area (Å²) >= 11 is 9.36. The van der Waals surface area contributed by atoms with Gasteiger partial charge < -0.3 is 4.74 Å². The number of aromatic nitrogens is 1. The SMILES string of the molecule is ClCc1cccc(Br)c1OCCc1ccccn1. The van der Waals surface area contributed by atoms with Gasteiger partial charge in [-0.15, -0.1) is 11.6 Å². The third-order valence-electron chi connectivity index (χ3n) is 2.52. The fourth-order valence-corrected chi connectivity index (χ4v) is 2.36. The molecule has 0 unspecified atom stereocenters. The number of hydrogen-bond donors (Lipinski definition) is 0. The Morgan fingerprint density at radius 1 is 1.17 bits per heavy atom. The summed E-state index contributed by atoms with van der Waals surface area (Å²) in [5.74, 6) is 1.27. The molecule has 4 heteroatoms. The minimum Gasteiger partial charge on any atom is -0.492 e. The van der Waals surface area contributed by atoms with Gasteiger partial charge in [0.15, 0.2) is 0 Å². The smallest absolute Gasteiger partial charge is 0.137 e. The second kappa shape index (κ2) is 6.76. The fourth-order valence-electron chi connectivity index (χ4n) is 1.62. The monoisotopic (exact) mass is 325 g/mol. The molecular weight excluding hydrogens is 314 g/mol. The van der Waals surface area contributed by atoms with Crippen LogP contribution in [0, 0.1) is 0 Å². The van der Waals surface area contributed by atoms with Crippen molar-refractivity contribution in [2.45, 2.75) is 12.3 Å². The highest BCUT2D eigenvalue weighted by Crippen LogP contribution is 2.30. The number of ether oxygens (including phenoxy) is 1. The van der Waals surface area contributed by atoms with Crippen molar-refractivity contribution in [2.24, 2.45) is 0 Å². The van der Waals surface area contributed by atoms with Crippen LogP contribution in [-0.4, -0.2) is 11.6 Å². The van der Waals surface area contributed by atoms with Crippen molar-refractivity contribution in [1.82, 2.24) is 4.98 Å². The first kappa shape index (κ1) is 13.4. The van der Waals surface area contributed by atoms with E-state index in [2.05, 4.69) is 20.9 Å². The summed E-state index contributed by atoms with van der Waals surface area (Å²) in [5, 5.41) is 0. The largest absolute Gasteiger partial charge is 0.492 e. The van der Waals surface area contributed by atoms with E-state index in [-0.39, 0.29) is 0 Å². The van der Waals surface area contributed by atoms with Crippen molar-refractivity contribution in [3.05, 3.63) is 58.3 Å². The molecule has 0 fully saturated rings.